The third-order valence-electron chi connectivity index (χ3n) is 5.81. The molecule has 1 heterocycles. The van der Waals surface area contributed by atoms with Crippen molar-refractivity contribution >= 4 is 28.1 Å². The van der Waals surface area contributed by atoms with Crippen LogP contribution in [0.3, 0.4) is 0 Å². The fourth-order valence-corrected chi connectivity index (χ4v) is 19.2. The average molecular weight is 515 g/mol. The predicted molar refractivity (Wildman–Crippen MR) is 129 cm³/mol. The number of carbonyl (C=O) groups is 1. The van der Waals surface area contributed by atoms with Crippen molar-refractivity contribution in [3.63, 3.8) is 0 Å². The number of aliphatic carboxylic acids is 1. The average Bonchev–Trinajstić information content (AvgIpc) is 3.26. The number of hydrogen-bond acceptors (Lipinski definition) is 2. The summed E-state index contributed by atoms with van der Waals surface area (Å²) in [5.74, 6) is -0.666. The molecule has 0 aromatic carbocycles. The van der Waals surface area contributed by atoms with Gasteiger partial charge in [0.2, 0.25) is 0 Å². The molecule has 0 saturated heterocycles. The molecule has 0 spiro atoms. The van der Waals surface area contributed by atoms with Gasteiger partial charge in [0, 0.05) is 6.42 Å². The minimum absolute atomic E-state index is 0.339. The Morgan fingerprint density at radius 1 is 0.793 bits per heavy atom. The first-order chi connectivity index (χ1) is 14.1. The Bertz CT molecular complexity index is 449. The van der Waals surface area contributed by atoms with Crippen LogP contribution in [0.25, 0.3) is 0 Å². The maximum atomic E-state index is 10.1. The molecular formula is C25H48O3Sn. The summed E-state index contributed by atoms with van der Waals surface area (Å²) in [6.07, 6.45) is 17.4. The van der Waals surface area contributed by atoms with Gasteiger partial charge in [-0.25, -0.2) is 0 Å². The maximum absolute atomic E-state index is 10.1. The number of unbranched alkanes of at least 4 members (excludes halogenated alkanes) is 8. The third-order valence-corrected chi connectivity index (χ3v) is 20.8. The Morgan fingerprint density at radius 2 is 1.28 bits per heavy atom. The van der Waals surface area contributed by atoms with Crippen molar-refractivity contribution < 1.29 is 14.3 Å². The first-order valence-corrected chi connectivity index (χ1v) is 19.8. The van der Waals surface area contributed by atoms with Crippen LogP contribution in [0, 0.1) is 0 Å². The number of rotatable bonds is 17. The van der Waals surface area contributed by atoms with Crippen LogP contribution in [0.15, 0.2) is 22.8 Å². The second-order valence-electron chi connectivity index (χ2n) is 8.48. The van der Waals surface area contributed by atoms with Gasteiger partial charge in [-0.2, -0.15) is 0 Å². The van der Waals surface area contributed by atoms with Gasteiger partial charge >= 0.3 is 124 Å². The molecule has 1 N–H and O–H groups in total. The van der Waals surface area contributed by atoms with E-state index in [4.69, 9.17) is 9.52 Å². The second kappa shape index (κ2) is 19.5. The van der Waals surface area contributed by atoms with Crippen molar-refractivity contribution in [3.8, 4) is 0 Å². The standard InChI is InChI=1S/C9H18O2.C4H3O.3C4H9.Sn/c1-2-3-4-5-6-7-8-9(10)11;1-2-4-5-3-1;3*1-3-4-2;/h2-8H2,1H3,(H,10,11);1-3H;3*1,3-4H2,2H3;. The van der Waals surface area contributed by atoms with E-state index in [1.165, 1.54) is 81.3 Å². The first kappa shape index (κ1) is 28.5. The molecule has 0 atom stereocenters. The SMILES string of the molecule is CCCCCCCCC(=O)O.CCC[CH2][Sn]([CH2]CCC)([CH2]CCC)[c]1ccco1. The van der Waals surface area contributed by atoms with E-state index in [9.17, 15) is 4.79 Å². The normalized spacial score (nSPS) is 11.2. The van der Waals surface area contributed by atoms with Gasteiger partial charge < -0.3 is 5.11 Å². The molecule has 0 aliphatic carbocycles. The third kappa shape index (κ3) is 14.2. The van der Waals surface area contributed by atoms with Crippen molar-refractivity contribution in [3.05, 3.63) is 18.4 Å². The summed E-state index contributed by atoms with van der Waals surface area (Å²) >= 11 is -2.20. The summed E-state index contributed by atoms with van der Waals surface area (Å²) in [7, 11) is 0. The number of hydrogen-bond donors (Lipinski definition) is 1. The Kier molecular flexibility index (Phi) is 19.2. The van der Waals surface area contributed by atoms with Crippen LogP contribution in [-0.2, 0) is 4.79 Å². The van der Waals surface area contributed by atoms with E-state index in [1.807, 2.05) is 6.26 Å². The van der Waals surface area contributed by atoms with Crippen LogP contribution in [0.2, 0.25) is 13.3 Å². The summed E-state index contributed by atoms with van der Waals surface area (Å²) in [6, 6.07) is 4.39. The summed E-state index contributed by atoms with van der Waals surface area (Å²) < 4.78 is 11.8. The first-order valence-electron chi connectivity index (χ1n) is 12.3. The van der Waals surface area contributed by atoms with Crippen molar-refractivity contribution in [2.45, 2.75) is 124 Å². The van der Waals surface area contributed by atoms with Gasteiger partial charge in [-0.3, -0.25) is 4.79 Å². The molecule has 0 aliphatic heterocycles. The number of carboxylic acid groups (broad SMARTS) is 1. The van der Waals surface area contributed by atoms with Gasteiger partial charge in [0.25, 0.3) is 0 Å². The van der Waals surface area contributed by atoms with Gasteiger partial charge in [-0.15, -0.1) is 0 Å². The molecule has 29 heavy (non-hydrogen) atoms. The summed E-state index contributed by atoms with van der Waals surface area (Å²) in [5, 5.41) is 8.32. The van der Waals surface area contributed by atoms with Crippen LogP contribution < -0.4 is 3.78 Å². The Hall–Kier alpha value is -0.451. The van der Waals surface area contributed by atoms with E-state index in [1.54, 1.807) is 0 Å². The van der Waals surface area contributed by atoms with Crippen molar-refractivity contribution in [2.75, 3.05) is 0 Å². The van der Waals surface area contributed by atoms with Crippen molar-refractivity contribution in [1.29, 1.82) is 0 Å². The molecule has 170 valence electrons. The van der Waals surface area contributed by atoms with Crippen LogP contribution in [-0.4, -0.2) is 29.5 Å². The Balaban J connectivity index is 0.000000614. The van der Waals surface area contributed by atoms with Gasteiger partial charge in [-0.05, 0) is 6.42 Å². The van der Waals surface area contributed by atoms with Crippen molar-refractivity contribution in [2.24, 2.45) is 0 Å². The van der Waals surface area contributed by atoms with Gasteiger partial charge in [0.1, 0.15) is 0 Å². The molecule has 0 radical (unpaired) electrons. The van der Waals surface area contributed by atoms with Crippen LogP contribution in [0.4, 0.5) is 0 Å². The zero-order valence-corrected chi connectivity index (χ0v) is 22.7. The van der Waals surface area contributed by atoms with E-state index < -0.39 is 24.3 Å². The zero-order chi connectivity index (χ0) is 21.8. The van der Waals surface area contributed by atoms with E-state index in [2.05, 4.69) is 39.8 Å². The molecule has 0 saturated carbocycles. The van der Waals surface area contributed by atoms with E-state index in [-0.39, 0.29) is 0 Å². The Morgan fingerprint density at radius 3 is 1.69 bits per heavy atom. The van der Waals surface area contributed by atoms with Crippen molar-refractivity contribution in [1.82, 2.24) is 0 Å². The quantitative estimate of drug-likeness (QED) is 0.168. The Labute approximate surface area is 184 Å². The predicted octanol–water partition coefficient (Wildman–Crippen LogP) is 8.16. The molecule has 4 heteroatoms. The van der Waals surface area contributed by atoms with Gasteiger partial charge in [-0.1, -0.05) is 39.0 Å². The summed E-state index contributed by atoms with van der Waals surface area (Å²) in [4.78, 5) is 10.1. The molecule has 0 aliphatic rings. The molecule has 0 fully saturated rings. The molecule has 0 bridgehead atoms. The van der Waals surface area contributed by atoms with Crippen LogP contribution >= 0.6 is 0 Å². The van der Waals surface area contributed by atoms with Crippen LogP contribution in [0.5, 0.6) is 0 Å². The topological polar surface area (TPSA) is 50.4 Å². The van der Waals surface area contributed by atoms with Gasteiger partial charge in [0.15, 0.2) is 0 Å². The fourth-order valence-electron chi connectivity index (χ4n) is 3.93. The number of carboxylic acids is 1. The molecule has 1 rings (SSSR count). The van der Waals surface area contributed by atoms with E-state index in [0.717, 1.165) is 12.8 Å². The van der Waals surface area contributed by atoms with E-state index >= 15 is 0 Å². The molecule has 0 unspecified atom stereocenters. The van der Waals surface area contributed by atoms with E-state index in [0.29, 0.717) is 6.42 Å². The molecular weight excluding hydrogens is 467 g/mol. The molecule has 1 aromatic heterocycles. The number of furan rings is 1. The summed E-state index contributed by atoms with van der Waals surface area (Å²) in [6.45, 7) is 9.13. The van der Waals surface area contributed by atoms with Gasteiger partial charge in [0.05, 0.1) is 0 Å². The molecule has 0 amide bonds. The fraction of sp³-hybridized carbons (Fsp3) is 0.800. The molecule has 3 nitrogen and oxygen atoms in total. The second-order valence-corrected chi connectivity index (χ2v) is 21.5. The zero-order valence-electron chi connectivity index (χ0n) is 19.8. The monoisotopic (exact) mass is 516 g/mol. The minimum atomic E-state index is -2.20. The van der Waals surface area contributed by atoms with Crippen LogP contribution in [0.1, 0.15) is 111 Å². The molecule has 1 aromatic rings. The summed E-state index contributed by atoms with van der Waals surface area (Å²) in [5.41, 5.74) is 0.